The number of rotatable bonds is 5. The van der Waals surface area contributed by atoms with Crippen LogP contribution in [0.15, 0.2) is 6.33 Å². The maximum absolute atomic E-state index is 12.8. The average molecular weight is 440 g/mol. The van der Waals surface area contributed by atoms with Crippen molar-refractivity contribution in [1.82, 2.24) is 20.2 Å². The fourth-order valence-electron chi connectivity index (χ4n) is 7.85. The number of carbonyl (C=O) groups is 1. The molecular weight excluding hydrogens is 402 g/mol. The highest BCUT2D eigenvalue weighted by Crippen LogP contribution is 2.61. The van der Waals surface area contributed by atoms with Crippen molar-refractivity contribution in [2.24, 2.45) is 29.1 Å². The van der Waals surface area contributed by atoms with E-state index in [1.54, 1.807) is 6.33 Å². The van der Waals surface area contributed by atoms with Crippen molar-refractivity contribution >= 4 is 11.7 Å². The molecule has 0 radical (unpaired) electrons. The highest BCUT2D eigenvalue weighted by Gasteiger charge is 2.54. The van der Waals surface area contributed by atoms with Crippen molar-refractivity contribution in [2.45, 2.75) is 70.4 Å². The van der Waals surface area contributed by atoms with Crippen molar-refractivity contribution in [1.29, 1.82) is 0 Å². The van der Waals surface area contributed by atoms with Crippen molar-refractivity contribution in [3.05, 3.63) is 17.6 Å². The van der Waals surface area contributed by atoms with Crippen LogP contribution in [0.3, 0.4) is 0 Å². The van der Waals surface area contributed by atoms with Crippen molar-refractivity contribution in [3.63, 3.8) is 0 Å². The second kappa shape index (κ2) is 8.24. The molecule has 0 spiro atoms. The maximum Gasteiger partial charge on any atom is 0.227 e. The predicted octanol–water partition coefficient (Wildman–Crippen LogP) is 2.35. The summed E-state index contributed by atoms with van der Waals surface area (Å²) in [4.78, 5) is 23.8. The molecule has 7 heteroatoms. The van der Waals surface area contributed by atoms with Gasteiger partial charge in [-0.25, -0.2) is 9.97 Å². The summed E-state index contributed by atoms with van der Waals surface area (Å²) in [5, 5.41) is 18.1. The Morgan fingerprint density at radius 3 is 3.03 bits per heavy atom. The molecule has 6 atom stereocenters. The summed E-state index contributed by atoms with van der Waals surface area (Å²) in [6.07, 6.45) is 12.1. The van der Waals surface area contributed by atoms with Crippen molar-refractivity contribution in [3.8, 4) is 0 Å². The molecule has 5 unspecified atom stereocenters. The molecule has 1 amide bonds. The van der Waals surface area contributed by atoms with E-state index >= 15 is 0 Å². The van der Waals surface area contributed by atoms with Crippen LogP contribution in [0, 0.1) is 29.1 Å². The fourth-order valence-corrected chi connectivity index (χ4v) is 7.85. The van der Waals surface area contributed by atoms with E-state index in [-0.39, 0.29) is 23.3 Å². The number of fused-ring (bicyclic) bond motifs is 3. The number of anilines is 1. The van der Waals surface area contributed by atoms with Crippen LogP contribution in [-0.4, -0.2) is 58.2 Å². The van der Waals surface area contributed by atoms with E-state index in [1.807, 2.05) is 4.90 Å². The summed E-state index contributed by atoms with van der Waals surface area (Å²) >= 11 is 0. The summed E-state index contributed by atoms with van der Waals surface area (Å²) in [7, 11) is 0. The number of aliphatic hydroxyl groups is 1. The zero-order chi connectivity index (χ0) is 21.7. The smallest absolute Gasteiger partial charge is 0.227 e. The highest BCUT2D eigenvalue weighted by atomic mass is 16.3. The monoisotopic (exact) mass is 439 g/mol. The Hall–Kier alpha value is -1.73. The number of hydrogen-bond donors (Lipinski definition) is 3. The number of aliphatic hydroxyl groups excluding tert-OH is 1. The summed E-state index contributed by atoms with van der Waals surface area (Å²) in [6, 6.07) is 0. The molecule has 3 N–H and O–H groups in total. The van der Waals surface area contributed by atoms with Gasteiger partial charge in [-0.05, 0) is 68.2 Å². The number of aromatic nitrogens is 2. The second-order valence-electron chi connectivity index (χ2n) is 11.3. The van der Waals surface area contributed by atoms with E-state index in [4.69, 9.17) is 0 Å². The van der Waals surface area contributed by atoms with Crippen LogP contribution in [0.25, 0.3) is 0 Å². The zero-order valence-corrected chi connectivity index (χ0v) is 19.1. The Morgan fingerprint density at radius 2 is 2.16 bits per heavy atom. The summed E-state index contributed by atoms with van der Waals surface area (Å²) in [5.41, 5.74) is 2.18. The van der Waals surface area contributed by atoms with Gasteiger partial charge in [0.2, 0.25) is 5.91 Å². The number of hydrogen-bond acceptors (Lipinski definition) is 6. The van der Waals surface area contributed by atoms with Gasteiger partial charge in [0.05, 0.1) is 24.3 Å². The number of nitrogens with one attached hydrogen (secondary N) is 2. The molecule has 174 valence electrons. The van der Waals surface area contributed by atoms with Gasteiger partial charge in [-0.2, -0.15) is 0 Å². The van der Waals surface area contributed by atoms with Gasteiger partial charge < -0.3 is 20.6 Å². The van der Waals surface area contributed by atoms with Crippen LogP contribution in [0.2, 0.25) is 0 Å². The van der Waals surface area contributed by atoms with E-state index in [9.17, 15) is 9.90 Å². The fraction of sp³-hybridized carbons (Fsp3) is 0.800. The van der Waals surface area contributed by atoms with E-state index in [1.165, 1.54) is 44.9 Å². The average Bonchev–Trinajstić information content (AvgIpc) is 3.40. The van der Waals surface area contributed by atoms with Gasteiger partial charge in [-0.1, -0.05) is 19.3 Å². The Bertz CT molecular complexity index is 868. The SMILES string of the molecule is O=C([C@@H]1CCNC1)N1CCc2c(ncnc2NCC(O)C23CC4CCCC(C2)C(C4)C3)C1. The molecule has 7 nitrogen and oxygen atoms in total. The zero-order valence-electron chi connectivity index (χ0n) is 19.1. The first kappa shape index (κ1) is 20.8. The van der Waals surface area contributed by atoms with Crippen molar-refractivity contribution in [2.75, 3.05) is 31.5 Å². The Labute approximate surface area is 190 Å². The van der Waals surface area contributed by atoms with Gasteiger partial charge in [0.1, 0.15) is 12.1 Å². The number of carbonyl (C=O) groups excluding carboxylic acids is 1. The lowest BCUT2D eigenvalue weighted by atomic mass is 9.66. The Morgan fingerprint density at radius 1 is 1.25 bits per heavy atom. The van der Waals surface area contributed by atoms with E-state index < -0.39 is 0 Å². The third-order valence-electron chi connectivity index (χ3n) is 9.42. The van der Waals surface area contributed by atoms with Crippen LogP contribution in [0.1, 0.15) is 62.6 Å². The van der Waals surface area contributed by atoms with Gasteiger partial charge in [0.25, 0.3) is 0 Å². The standard InChI is InChI=1S/C25H37N5O2/c31-22(25-9-16-2-1-3-17(10-25)19(8-16)11-25)13-27-23-20-5-7-30(14-21(20)28-15-29-23)24(32)18-4-6-26-12-18/h15-19,22,26,31H,1-14H2,(H,27,28,29)/t16?,17?,18-,19?,22?,25?/m1/s1. The lowest BCUT2D eigenvalue weighted by Crippen LogP contribution is -2.42. The molecule has 2 aliphatic heterocycles. The maximum atomic E-state index is 12.8. The van der Waals surface area contributed by atoms with Crippen LogP contribution in [0.4, 0.5) is 5.82 Å². The lowest BCUT2D eigenvalue weighted by Gasteiger charge is -2.41. The van der Waals surface area contributed by atoms with Crippen LogP contribution in [0.5, 0.6) is 0 Å². The third kappa shape index (κ3) is 3.61. The normalized spacial score (nSPS) is 36.6. The van der Waals surface area contributed by atoms with Gasteiger partial charge in [0.15, 0.2) is 0 Å². The summed E-state index contributed by atoms with van der Waals surface area (Å²) < 4.78 is 0. The first-order chi connectivity index (χ1) is 15.6. The van der Waals surface area contributed by atoms with Gasteiger partial charge in [-0.15, -0.1) is 0 Å². The lowest BCUT2D eigenvalue weighted by molar-refractivity contribution is -0.135. The summed E-state index contributed by atoms with van der Waals surface area (Å²) in [6.45, 7) is 3.58. The number of nitrogens with zero attached hydrogens (tertiary/aromatic N) is 3. The molecule has 4 fully saturated rings. The summed E-state index contributed by atoms with van der Waals surface area (Å²) in [5.74, 6) is 3.71. The molecule has 6 rings (SSSR count). The van der Waals surface area contributed by atoms with E-state index in [2.05, 4.69) is 20.6 Å². The van der Waals surface area contributed by atoms with Crippen molar-refractivity contribution < 1.29 is 9.90 Å². The van der Waals surface area contributed by atoms with Gasteiger partial charge in [0, 0.05) is 25.2 Å². The first-order valence-corrected chi connectivity index (χ1v) is 12.9. The molecule has 3 saturated carbocycles. The molecule has 3 bridgehead atoms. The number of amides is 1. The van der Waals surface area contributed by atoms with E-state index in [0.717, 1.165) is 67.3 Å². The van der Waals surface area contributed by atoms with E-state index in [0.29, 0.717) is 13.1 Å². The minimum atomic E-state index is -0.321. The predicted molar refractivity (Wildman–Crippen MR) is 122 cm³/mol. The molecule has 5 aliphatic rings. The largest absolute Gasteiger partial charge is 0.391 e. The van der Waals surface area contributed by atoms with Crippen LogP contribution >= 0.6 is 0 Å². The molecule has 0 aromatic carbocycles. The minimum absolute atomic E-state index is 0.107. The Kier molecular flexibility index (Phi) is 5.37. The molecule has 1 aromatic rings. The molecule has 32 heavy (non-hydrogen) atoms. The molecule has 1 saturated heterocycles. The van der Waals surface area contributed by atoms with Gasteiger partial charge in [-0.3, -0.25) is 4.79 Å². The Balaban J connectivity index is 1.12. The second-order valence-corrected chi connectivity index (χ2v) is 11.3. The van der Waals surface area contributed by atoms with Crippen LogP contribution in [-0.2, 0) is 17.8 Å². The first-order valence-electron chi connectivity index (χ1n) is 12.9. The molecule has 3 heterocycles. The molecule has 3 aliphatic carbocycles. The topological polar surface area (TPSA) is 90.4 Å². The third-order valence-corrected chi connectivity index (χ3v) is 9.42. The minimum Gasteiger partial charge on any atom is -0.391 e. The molecular formula is C25H37N5O2. The van der Waals surface area contributed by atoms with Gasteiger partial charge >= 0.3 is 0 Å². The van der Waals surface area contributed by atoms with Crippen LogP contribution < -0.4 is 10.6 Å². The highest BCUT2D eigenvalue weighted by molar-refractivity contribution is 5.79. The quantitative estimate of drug-likeness (QED) is 0.653. The molecule has 1 aromatic heterocycles.